The molecule has 69 heavy (non-hydrogen) atoms. The molecule has 0 aromatic heterocycles. The number of hydrogen-bond acceptors (Lipinski definition) is 12. The van der Waals surface area contributed by atoms with Crippen molar-refractivity contribution in [1.82, 2.24) is 19.6 Å². The van der Waals surface area contributed by atoms with E-state index in [1.54, 1.807) is 78.5 Å². The number of piperazine rings is 1. The number of nitrogens with zero attached hydrogens (tertiary/aromatic N) is 4. The first-order valence-electron chi connectivity index (χ1n) is 22.7. The summed E-state index contributed by atoms with van der Waals surface area (Å²) >= 11 is 6.17. The first-order valence-corrected chi connectivity index (χ1v) is 26.2. The van der Waals surface area contributed by atoms with Gasteiger partial charge in [-0.25, -0.2) is 0 Å². The number of methoxy groups -OCH3 is 2. The summed E-state index contributed by atoms with van der Waals surface area (Å²) in [5.41, 5.74) is 4.43. The van der Waals surface area contributed by atoms with Crippen molar-refractivity contribution in [1.29, 1.82) is 0 Å². The molecular weight excluding hydrogens is 949 g/mol. The Bertz CT molecular complexity index is 2760. The van der Waals surface area contributed by atoms with Crippen molar-refractivity contribution >= 4 is 70.7 Å². The van der Waals surface area contributed by atoms with Crippen molar-refractivity contribution in [2.75, 3.05) is 55.6 Å². The van der Waals surface area contributed by atoms with Crippen LogP contribution in [-0.2, 0) is 54.7 Å². The van der Waals surface area contributed by atoms with E-state index >= 15 is 9.59 Å². The van der Waals surface area contributed by atoms with Gasteiger partial charge >= 0.3 is 0 Å². The minimum absolute atomic E-state index is 0.00393. The van der Waals surface area contributed by atoms with E-state index in [1.807, 2.05) is 141 Å². The summed E-state index contributed by atoms with van der Waals surface area (Å²) in [4.78, 5) is 62.9. The number of hydrogen-bond donors (Lipinski definition) is 0. The first kappa shape index (κ1) is 47.6. The molecule has 3 unspecified atom stereocenters. The van der Waals surface area contributed by atoms with E-state index in [2.05, 4.69) is 0 Å². The Hall–Kier alpha value is -5.10. The minimum atomic E-state index is -1.32. The van der Waals surface area contributed by atoms with Crippen LogP contribution in [0.4, 0.5) is 0 Å². The molecule has 0 aliphatic carbocycles. The van der Waals surface area contributed by atoms with Crippen LogP contribution in [0.15, 0.2) is 133 Å². The Labute approximate surface area is 420 Å². The van der Waals surface area contributed by atoms with Gasteiger partial charge in [-0.05, 0) is 64.1 Å². The lowest BCUT2D eigenvalue weighted by Gasteiger charge is -2.62. The molecule has 6 fully saturated rings. The summed E-state index contributed by atoms with van der Waals surface area (Å²) in [5.74, 6) is 0.792. The predicted octanol–water partition coefficient (Wildman–Crippen LogP) is 8.02. The molecule has 0 saturated carbocycles. The zero-order valence-electron chi connectivity index (χ0n) is 39.3. The number of carbonyl (C=O) groups excluding carboxylic acids is 4. The highest BCUT2D eigenvalue weighted by Gasteiger charge is 2.90. The van der Waals surface area contributed by atoms with Gasteiger partial charge in [-0.3, -0.25) is 19.2 Å². The lowest BCUT2D eigenvalue weighted by atomic mass is 9.73. The van der Waals surface area contributed by atoms with E-state index in [1.165, 1.54) is 23.5 Å². The van der Waals surface area contributed by atoms with Gasteiger partial charge in [-0.1, -0.05) is 109 Å². The number of amides is 4. The molecule has 1 spiro atoms. The third-order valence-corrected chi connectivity index (χ3v) is 22.0. The Morgan fingerprint density at radius 3 is 1.45 bits per heavy atom. The Morgan fingerprint density at radius 1 is 0.449 bits per heavy atom. The second-order valence-corrected chi connectivity index (χ2v) is 24.2. The predicted molar refractivity (Wildman–Crippen MR) is 273 cm³/mol. The molecule has 5 aromatic rings. The van der Waals surface area contributed by atoms with Gasteiger partial charge in [0.25, 0.3) is 17.7 Å². The monoisotopic (exact) mass is 1000 g/mol. The fourth-order valence-electron chi connectivity index (χ4n) is 10.7. The zero-order valence-corrected chi connectivity index (χ0v) is 42.6. The average Bonchev–Trinajstić information content (AvgIpc) is 3.73. The number of likely N-dealkylation sites (N-methyl/N-ethyl adjacent to an activating group) is 4. The minimum Gasteiger partial charge on any atom is -0.497 e. The van der Waals surface area contributed by atoms with Gasteiger partial charge in [0.2, 0.25) is 5.91 Å². The van der Waals surface area contributed by atoms with Crippen LogP contribution in [-0.4, -0.2) is 124 Å². The van der Waals surface area contributed by atoms with Crippen LogP contribution >= 0.6 is 47.0 Å². The van der Waals surface area contributed by atoms with Gasteiger partial charge in [0.05, 0.1) is 49.8 Å². The maximum absolute atomic E-state index is 15.2. The molecule has 11 rings (SSSR count). The Morgan fingerprint density at radius 2 is 0.913 bits per heavy atom. The molecule has 4 amide bonds. The lowest BCUT2D eigenvalue weighted by molar-refractivity contribution is -0.178. The number of thioether (sulfide) groups is 4. The number of likely N-dealkylation sites (tertiary alicyclic amines) is 2. The van der Waals surface area contributed by atoms with Crippen LogP contribution in [0.2, 0.25) is 0 Å². The van der Waals surface area contributed by atoms with E-state index in [9.17, 15) is 9.59 Å². The van der Waals surface area contributed by atoms with Crippen LogP contribution in [0.25, 0.3) is 0 Å². The van der Waals surface area contributed by atoms with E-state index in [4.69, 9.17) is 18.9 Å². The van der Waals surface area contributed by atoms with Crippen molar-refractivity contribution < 1.29 is 38.1 Å². The Balaban J connectivity index is 0.971. The SMILES string of the molecule is COc1ccc(C2S[C@@]3(COCc4ccccc4)C(=O)N(C)[C@@](Cc4ccc(C[C@@]56SC(c7ccc(OC)cc7)SC57N(C)C(=O)[C@@]7(COCc5ccccc5)N(C)C6=O)cc4)(S2)C(=O)N3C)cc1. The average molecular weight is 1000 g/mol. The molecule has 5 aromatic carbocycles. The molecule has 6 saturated heterocycles. The maximum atomic E-state index is 15.2. The largest absolute Gasteiger partial charge is 0.497 e. The zero-order chi connectivity index (χ0) is 48.3. The van der Waals surface area contributed by atoms with Gasteiger partial charge in [0, 0.05) is 34.6 Å². The smallest absolute Gasteiger partial charge is 0.262 e. The number of ether oxygens (including phenoxy) is 4. The number of β-lactam (4-membered cyclic amide) rings is 1. The van der Waals surface area contributed by atoms with E-state index in [-0.39, 0.29) is 52.4 Å². The molecular formula is C53H54N4O8S4. The van der Waals surface area contributed by atoms with Crippen LogP contribution < -0.4 is 9.47 Å². The number of fused-ring (bicyclic) bond motifs is 4. The van der Waals surface area contributed by atoms with Gasteiger partial charge in [-0.15, -0.1) is 47.0 Å². The molecule has 7 atom stereocenters. The molecule has 2 bridgehead atoms. The lowest BCUT2D eigenvalue weighted by Crippen LogP contribution is -2.85. The number of benzene rings is 5. The maximum Gasteiger partial charge on any atom is 0.262 e. The number of carbonyl (C=O) groups is 4. The number of rotatable bonds is 16. The molecule has 358 valence electrons. The van der Waals surface area contributed by atoms with Crippen LogP contribution in [0.5, 0.6) is 11.5 Å². The van der Waals surface area contributed by atoms with Crippen molar-refractivity contribution in [3.63, 3.8) is 0 Å². The second kappa shape index (κ2) is 18.3. The molecule has 16 heteroatoms. The highest BCUT2D eigenvalue weighted by atomic mass is 32.2. The van der Waals surface area contributed by atoms with Crippen LogP contribution in [0.3, 0.4) is 0 Å². The van der Waals surface area contributed by atoms with Gasteiger partial charge in [0.1, 0.15) is 21.1 Å². The molecule has 0 radical (unpaired) electrons. The topological polar surface area (TPSA) is 118 Å². The summed E-state index contributed by atoms with van der Waals surface area (Å²) in [5, 5.41) is 0. The molecule has 12 nitrogen and oxygen atoms in total. The van der Waals surface area contributed by atoms with E-state index in [0.717, 1.165) is 39.1 Å². The fraction of sp³-hybridized carbons (Fsp3) is 0.358. The van der Waals surface area contributed by atoms with Crippen LogP contribution in [0, 0.1) is 0 Å². The standard InChI is InChI=1S/C53H54N4O8S4/c1-54-46(59)50(53(69-43(66-50)39-21-25-41(62-5)26-22-39)49(54,45(58)57(53)4)33-64-31-37-13-9-7-10-14-37)29-35-17-19-36(20-18-35)30-51-47(60)56(3)52(48(61)55(51)2,34-65-32-38-15-11-8-12-16-38)68-44(67-51)40-23-27-42(63-6)28-24-40/h7-28,43-44H,29-34H2,1-6H3/t43?,44?,49-,50+,51+,52+,53?/m1/s1. The van der Waals surface area contributed by atoms with Crippen molar-refractivity contribution in [2.45, 2.75) is 60.1 Å². The first-order chi connectivity index (χ1) is 33.3. The summed E-state index contributed by atoms with van der Waals surface area (Å²) < 4.78 is 22.1. The second-order valence-electron chi connectivity index (χ2n) is 18.2. The van der Waals surface area contributed by atoms with E-state index in [0.29, 0.717) is 25.4 Å². The third kappa shape index (κ3) is 7.29. The highest BCUT2D eigenvalue weighted by molar-refractivity contribution is 8.21. The molecule has 0 N–H and O–H groups in total. The van der Waals surface area contributed by atoms with Crippen molar-refractivity contribution in [3.8, 4) is 11.5 Å². The summed E-state index contributed by atoms with van der Waals surface area (Å²) in [6.45, 7) is 0.637. The van der Waals surface area contributed by atoms with Gasteiger partial charge in [-0.2, -0.15) is 0 Å². The summed E-state index contributed by atoms with van der Waals surface area (Å²) in [7, 11) is 10.3. The summed E-state index contributed by atoms with van der Waals surface area (Å²) in [6, 6.07) is 43.4. The van der Waals surface area contributed by atoms with Crippen molar-refractivity contribution in [2.24, 2.45) is 0 Å². The highest BCUT2D eigenvalue weighted by Crippen LogP contribution is 2.77. The third-order valence-electron chi connectivity index (χ3n) is 14.5. The van der Waals surface area contributed by atoms with Crippen molar-refractivity contribution in [3.05, 3.63) is 167 Å². The van der Waals surface area contributed by atoms with Gasteiger partial charge in [0.15, 0.2) is 15.3 Å². The summed E-state index contributed by atoms with van der Waals surface area (Å²) in [6.07, 6.45) is 0.567. The Kier molecular flexibility index (Phi) is 12.6. The molecule has 6 aliphatic rings. The fourth-order valence-corrected chi connectivity index (χ4v) is 19.2. The normalized spacial score (nSPS) is 29.2. The van der Waals surface area contributed by atoms with Crippen LogP contribution in [0.1, 0.15) is 42.5 Å². The molecule has 6 heterocycles. The van der Waals surface area contributed by atoms with E-state index < -0.39 is 24.9 Å². The quantitative estimate of drug-likeness (QED) is 0.0892. The molecule has 6 aliphatic heterocycles. The van der Waals surface area contributed by atoms with Gasteiger partial charge < -0.3 is 38.5 Å².